The molecule has 1 aliphatic carbocycles. The highest BCUT2D eigenvalue weighted by Crippen LogP contribution is 2.53. The van der Waals surface area contributed by atoms with Crippen LogP contribution in [-0.2, 0) is 12.0 Å². The molecule has 21 heavy (non-hydrogen) atoms. The van der Waals surface area contributed by atoms with Crippen molar-refractivity contribution >= 4 is 0 Å². The quantitative estimate of drug-likeness (QED) is 0.682. The highest BCUT2D eigenvalue weighted by molar-refractivity contribution is 5.56. The van der Waals surface area contributed by atoms with Gasteiger partial charge in [-0.3, -0.25) is 4.90 Å². The van der Waals surface area contributed by atoms with Crippen molar-refractivity contribution in [1.82, 2.24) is 4.90 Å². The summed E-state index contributed by atoms with van der Waals surface area (Å²) in [6, 6.07) is 4.22. The number of benzene rings is 1. The van der Waals surface area contributed by atoms with Crippen molar-refractivity contribution in [2.45, 2.75) is 36.6 Å². The van der Waals surface area contributed by atoms with Crippen molar-refractivity contribution in [1.29, 1.82) is 0 Å². The Hall–Kier alpha value is -1.56. The topological polar surface area (TPSA) is 62.2 Å². The van der Waals surface area contributed by atoms with Gasteiger partial charge in [0.2, 0.25) is 6.79 Å². The van der Waals surface area contributed by atoms with Gasteiger partial charge in [-0.1, -0.05) is 12.2 Å². The Labute approximate surface area is 122 Å². The summed E-state index contributed by atoms with van der Waals surface area (Å²) >= 11 is 0. The molecule has 5 nitrogen and oxygen atoms in total. The first-order valence-electron chi connectivity index (χ1n) is 7.41. The highest BCUT2D eigenvalue weighted by Gasteiger charge is 2.58. The molecule has 2 bridgehead atoms. The monoisotopic (exact) mass is 287 g/mol. The van der Waals surface area contributed by atoms with Crippen LogP contribution < -0.4 is 9.47 Å². The number of ether oxygens (including phenoxy) is 2. The predicted molar refractivity (Wildman–Crippen MR) is 74.2 cm³/mol. The summed E-state index contributed by atoms with van der Waals surface area (Å²) in [6.07, 6.45) is 3.63. The van der Waals surface area contributed by atoms with Crippen LogP contribution in [0.2, 0.25) is 0 Å². The van der Waals surface area contributed by atoms with Crippen molar-refractivity contribution in [2.24, 2.45) is 0 Å². The average Bonchev–Trinajstić information content (AvgIpc) is 2.99. The largest absolute Gasteiger partial charge is 0.454 e. The molecule has 0 amide bonds. The lowest BCUT2D eigenvalue weighted by molar-refractivity contribution is 0.0937. The zero-order valence-electron chi connectivity index (χ0n) is 11.5. The SMILES string of the molecule is O[C@@H]1C=C[C@@]23c4cc5c(cc4CN(C[C@H]2O)C3C1)OCO5. The van der Waals surface area contributed by atoms with Crippen LogP contribution in [0, 0.1) is 0 Å². The molecule has 1 aromatic carbocycles. The average molecular weight is 287 g/mol. The molecule has 1 saturated heterocycles. The van der Waals surface area contributed by atoms with Gasteiger partial charge in [-0.15, -0.1) is 0 Å². The molecule has 5 atom stereocenters. The van der Waals surface area contributed by atoms with E-state index in [1.165, 1.54) is 5.56 Å². The molecule has 0 aromatic heterocycles. The molecule has 1 fully saturated rings. The van der Waals surface area contributed by atoms with Crippen LogP contribution in [0.5, 0.6) is 11.5 Å². The molecule has 5 heteroatoms. The van der Waals surface area contributed by atoms with Gasteiger partial charge in [0, 0.05) is 19.1 Å². The van der Waals surface area contributed by atoms with Gasteiger partial charge in [-0.2, -0.15) is 0 Å². The Balaban J connectivity index is 1.76. The van der Waals surface area contributed by atoms with Gasteiger partial charge in [0.15, 0.2) is 11.5 Å². The van der Waals surface area contributed by atoms with E-state index in [9.17, 15) is 10.2 Å². The molecule has 4 aliphatic rings. The smallest absolute Gasteiger partial charge is 0.231 e. The molecule has 0 saturated carbocycles. The maximum atomic E-state index is 10.7. The molecule has 0 radical (unpaired) electrons. The number of rotatable bonds is 0. The Kier molecular flexibility index (Phi) is 2.17. The minimum atomic E-state index is -0.451. The minimum Gasteiger partial charge on any atom is -0.454 e. The number of aliphatic hydroxyl groups excluding tert-OH is 2. The summed E-state index contributed by atoms with van der Waals surface area (Å²) in [7, 11) is 0. The first-order valence-corrected chi connectivity index (χ1v) is 7.41. The molecular formula is C16H17NO4. The van der Waals surface area contributed by atoms with Gasteiger partial charge in [-0.05, 0) is 29.7 Å². The number of hydrogen-bond acceptors (Lipinski definition) is 5. The van der Waals surface area contributed by atoms with Crippen molar-refractivity contribution in [2.75, 3.05) is 13.3 Å². The molecule has 3 aliphatic heterocycles. The van der Waals surface area contributed by atoms with Gasteiger partial charge < -0.3 is 19.7 Å². The van der Waals surface area contributed by atoms with Crippen LogP contribution in [0.4, 0.5) is 0 Å². The summed E-state index contributed by atoms with van der Waals surface area (Å²) in [5.74, 6) is 1.55. The summed E-state index contributed by atoms with van der Waals surface area (Å²) in [5.41, 5.74) is 1.89. The van der Waals surface area contributed by atoms with E-state index in [1.54, 1.807) is 0 Å². The molecule has 2 N–H and O–H groups in total. The van der Waals surface area contributed by atoms with E-state index in [0.717, 1.165) is 23.6 Å². The summed E-state index contributed by atoms with van der Waals surface area (Å²) in [5, 5.41) is 20.7. The highest BCUT2D eigenvalue weighted by atomic mass is 16.7. The van der Waals surface area contributed by atoms with E-state index in [4.69, 9.17) is 9.47 Å². The van der Waals surface area contributed by atoms with Crippen LogP contribution in [0.25, 0.3) is 0 Å². The molecule has 110 valence electrons. The molecular weight excluding hydrogens is 270 g/mol. The molecule has 5 rings (SSSR count). The van der Waals surface area contributed by atoms with Crippen LogP contribution >= 0.6 is 0 Å². The lowest BCUT2D eigenvalue weighted by Gasteiger charge is -2.45. The van der Waals surface area contributed by atoms with E-state index in [2.05, 4.69) is 4.90 Å². The fourth-order valence-corrected chi connectivity index (χ4v) is 4.53. The third-order valence-electron chi connectivity index (χ3n) is 5.45. The summed E-state index contributed by atoms with van der Waals surface area (Å²) in [4.78, 5) is 2.28. The summed E-state index contributed by atoms with van der Waals surface area (Å²) < 4.78 is 11.0. The van der Waals surface area contributed by atoms with E-state index in [0.29, 0.717) is 13.0 Å². The summed E-state index contributed by atoms with van der Waals surface area (Å²) in [6.45, 7) is 1.69. The third kappa shape index (κ3) is 1.36. The zero-order valence-corrected chi connectivity index (χ0v) is 11.5. The number of hydrogen-bond donors (Lipinski definition) is 2. The maximum Gasteiger partial charge on any atom is 0.231 e. The second-order valence-electron chi connectivity index (χ2n) is 6.42. The minimum absolute atomic E-state index is 0.153. The normalized spacial score (nSPS) is 41.8. The van der Waals surface area contributed by atoms with E-state index >= 15 is 0 Å². The second-order valence-corrected chi connectivity index (χ2v) is 6.42. The van der Waals surface area contributed by atoms with Crippen molar-refractivity contribution in [3.63, 3.8) is 0 Å². The first kappa shape index (κ1) is 12.0. The zero-order chi connectivity index (χ0) is 14.2. The Morgan fingerprint density at radius 1 is 1.19 bits per heavy atom. The predicted octanol–water partition coefficient (Wildman–Crippen LogP) is 0.533. The molecule has 2 unspecified atom stereocenters. The van der Waals surface area contributed by atoms with E-state index in [1.807, 2.05) is 24.3 Å². The Bertz CT molecular complexity index is 658. The lowest BCUT2D eigenvalue weighted by atomic mass is 9.65. The number of nitrogens with zero attached hydrogens (tertiary/aromatic N) is 1. The fraction of sp³-hybridized carbons (Fsp3) is 0.500. The standard InChI is InChI=1S/C16H17NO4/c18-10-1-2-16-11-5-13-12(20-8-21-13)3-9(11)6-17(7-15(16)19)14(16)4-10/h1-3,5,10,14-15,18-19H,4,6-8H2/t10-,14?,15-,16+/m1/s1. The Morgan fingerprint density at radius 2 is 2.00 bits per heavy atom. The first-order chi connectivity index (χ1) is 10.2. The van der Waals surface area contributed by atoms with Crippen LogP contribution in [-0.4, -0.2) is 46.7 Å². The fourth-order valence-electron chi connectivity index (χ4n) is 4.53. The van der Waals surface area contributed by atoms with Gasteiger partial charge in [-0.25, -0.2) is 0 Å². The van der Waals surface area contributed by atoms with Crippen molar-refractivity contribution in [3.05, 3.63) is 35.4 Å². The number of fused-ring (bicyclic) bond motifs is 2. The van der Waals surface area contributed by atoms with E-state index in [-0.39, 0.29) is 12.8 Å². The Morgan fingerprint density at radius 3 is 2.86 bits per heavy atom. The van der Waals surface area contributed by atoms with Crippen LogP contribution in [0.1, 0.15) is 17.5 Å². The molecule has 0 spiro atoms. The van der Waals surface area contributed by atoms with Crippen molar-refractivity contribution < 1.29 is 19.7 Å². The molecule has 1 aromatic rings. The van der Waals surface area contributed by atoms with Gasteiger partial charge in [0.1, 0.15) is 0 Å². The van der Waals surface area contributed by atoms with Crippen LogP contribution in [0.3, 0.4) is 0 Å². The van der Waals surface area contributed by atoms with Gasteiger partial charge in [0.05, 0.1) is 17.6 Å². The molecule has 3 heterocycles. The number of aliphatic hydroxyl groups is 2. The van der Waals surface area contributed by atoms with Crippen LogP contribution in [0.15, 0.2) is 24.3 Å². The lowest BCUT2D eigenvalue weighted by Crippen LogP contribution is -2.52. The van der Waals surface area contributed by atoms with Gasteiger partial charge in [0.25, 0.3) is 0 Å². The second kappa shape index (κ2) is 3.80. The third-order valence-corrected chi connectivity index (χ3v) is 5.45. The van der Waals surface area contributed by atoms with E-state index < -0.39 is 17.6 Å². The van der Waals surface area contributed by atoms with Crippen molar-refractivity contribution in [3.8, 4) is 11.5 Å². The van der Waals surface area contributed by atoms with Gasteiger partial charge >= 0.3 is 0 Å². The maximum absolute atomic E-state index is 10.7.